The van der Waals surface area contributed by atoms with E-state index in [0.29, 0.717) is 10.0 Å². The van der Waals surface area contributed by atoms with Crippen molar-refractivity contribution >= 4 is 46.6 Å². The maximum absolute atomic E-state index is 6.64. The van der Waals surface area contributed by atoms with Crippen molar-refractivity contribution in [2.75, 3.05) is 25.5 Å². The molecule has 2 aromatic carbocycles. The van der Waals surface area contributed by atoms with Gasteiger partial charge in [0.25, 0.3) is 0 Å². The van der Waals surface area contributed by atoms with Crippen molar-refractivity contribution in [1.29, 1.82) is 0 Å². The fraction of sp³-hybridized carbons (Fsp3) is 0.316. The molecule has 5 heteroatoms. The van der Waals surface area contributed by atoms with Gasteiger partial charge in [-0.05, 0) is 56.2 Å². The minimum Gasteiger partial charge on any atom is -0.366 e. The second-order valence-electron chi connectivity index (χ2n) is 5.92. The third kappa shape index (κ3) is 4.22. The molecule has 3 nitrogen and oxygen atoms in total. The van der Waals surface area contributed by atoms with E-state index in [1.807, 2.05) is 50.2 Å². The van der Waals surface area contributed by atoms with Crippen LogP contribution in [0.5, 0.6) is 0 Å². The van der Waals surface area contributed by atoms with Crippen molar-refractivity contribution in [3.63, 3.8) is 0 Å². The molecule has 128 valence electrons. The van der Waals surface area contributed by atoms with Crippen LogP contribution in [0.1, 0.15) is 18.1 Å². The SMILES string of the molecule is CCN(C)C=Nc1cc(C)cc(N(C)c2cc(Cl)ccc2C)c1Cl. The highest BCUT2D eigenvalue weighted by Gasteiger charge is 2.14. The van der Waals surface area contributed by atoms with Gasteiger partial charge in [-0.1, -0.05) is 29.3 Å². The molecule has 0 aromatic heterocycles. The Morgan fingerprint density at radius 3 is 2.42 bits per heavy atom. The highest BCUT2D eigenvalue weighted by atomic mass is 35.5. The summed E-state index contributed by atoms with van der Waals surface area (Å²) in [4.78, 5) is 8.59. The maximum atomic E-state index is 6.64. The van der Waals surface area contributed by atoms with Crippen LogP contribution >= 0.6 is 23.2 Å². The van der Waals surface area contributed by atoms with Crippen molar-refractivity contribution < 1.29 is 0 Å². The summed E-state index contributed by atoms with van der Waals surface area (Å²) in [5.41, 5.74) is 4.94. The molecule has 0 unspecified atom stereocenters. The van der Waals surface area contributed by atoms with E-state index >= 15 is 0 Å². The number of aliphatic imine (C=N–C) groups is 1. The molecule has 24 heavy (non-hydrogen) atoms. The van der Waals surface area contributed by atoms with Gasteiger partial charge in [-0.2, -0.15) is 0 Å². The Balaban J connectivity index is 2.48. The van der Waals surface area contributed by atoms with E-state index in [1.165, 1.54) is 0 Å². The average Bonchev–Trinajstić information content (AvgIpc) is 2.56. The van der Waals surface area contributed by atoms with Crippen LogP contribution in [0.2, 0.25) is 10.0 Å². The summed E-state index contributed by atoms with van der Waals surface area (Å²) in [6.45, 7) is 7.06. The molecule has 0 saturated carbocycles. The second kappa shape index (κ2) is 7.91. The van der Waals surface area contributed by atoms with Crippen LogP contribution in [0.3, 0.4) is 0 Å². The van der Waals surface area contributed by atoms with Crippen molar-refractivity contribution in [1.82, 2.24) is 4.90 Å². The van der Waals surface area contributed by atoms with E-state index in [0.717, 1.165) is 34.7 Å². The lowest BCUT2D eigenvalue weighted by Crippen LogP contribution is -2.14. The number of halogens is 2. The zero-order valence-corrected chi connectivity index (χ0v) is 16.3. The fourth-order valence-corrected chi connectivity index (χ4v) is 2.84. The molecular formula is C19H23Cl2N3. The summed E-state index contributed by atoms with van der Waals surface area (Å²) >= 11 is 12.8. The first-order valence-electron chi connectivity index (χ1n) is 7.88. The Hall–Kier alpha value is -1.71. The lowest BCUT2D eigenvalue weighted by atomic mass is 10.1. The largest absolute Gasteiger partial charge is 0.366 e. The van der Waals surface area contributed by atoms with Crippen molar-refractivity contribution in [2.24, 2.45) is 4.99 Å². The van der Waals surface area contributed by atoms with Gasteiger partial charge in [0.2, 0.25) is 0 Å². The first-order valence-corrected chi connectivity index (χ1v) is 8.63. The van der Waals surface area contributed by atoms with Crippen molar-refractivity contribution in [3.8, 4) is 0 Å². The zero-order chi connectivity index (χ0) is 17.9. The van der Waals surface area contributed by atoms with E-state index in [1.54, 1.807) is 6.34 Å². The maximum Gasteiger partial charge on any atom is 0.0910 e. The zero-order valence-electron chi connectivity index (χ0n) is 14.8. The van der Waals surface area contributed by atoms with E-state index in [-0.39, 0.29) is 0 Å². The Morgan fingerprint density at radius 1 is 1.04 bits per heavy atom. The molecule has 0 aliphatic heterocycles. The van der Waals surface area contributed by atoms with E-state index in [2.05, 4.69) is 29.8 Å². The van der Waals surface area contributed by atoms with Gasteiger partial charge in [-0.25, -0.2) is 4.99 Å². The Morgan fingerprint density at radius 2 is 1.75 bits per heavy atom. The van der Waals surface area contributed by atoms with Crippen LogP contribution in [0.4, 0.5) is 17.1 Å². The van der Waals surface area contributed by atoms with E-state index in [4.69, 9.17) is 23.2 Å². The lowest BCUT2D eigenvalue weighted by molar-refractivity contribution is 0.552. The van der Waals surface area contributed by atoms with Gasteiger partial charge in [-0.3, -0.25) is 0 Å². The van der Waals surface area contributed by atoms with Crippen LogP contribution in [-0.4, -0.2) is 31.9 Å². The van der Waals surface area contributed by atoms with Crippen LogP contribution in [0, 0.1) is 13.8 Å². The molecule has 0 bridgehead atoms. The molecular weight excluding hydrogens is 341 g/mol. The van der Waals surface area contributed by atoms with Crippen LogP contribution in [-0.2, 0) is 0 Å². The quantitative estimate of drug-likeness (QED) is 0.479. The fourth-order valence-electron chi connectivity index (χ4n) is 2.38. The molecule has 0 spiro atoms. The number of hydrogen-bond acceptors (Lipinski definition) is 2. The van der Waals surface area contributed by atoms with Gasteiger partial charge in [0.1, 0.15) is 0 Å². The minimum atomic E-state index is 0.628. The molecule has 0 amide bonds. The molecule has 2 rings (SSSR count). The van der Waals surface area contributed by atoms with Gasteiger partial charge in [0.15, 0.2) is 0 Å². The number of aryl methyl sites for hydroxylation is 2. The van der Waals surface area contributed by atoms with Crippen LogP contribution in [0.25, 0.3) is 0 Å². The topological polar surface area (TPSA) is 18.8 Å². The first-order chi connectivity index (χ1) is 11.3. The molecule has 0 aliphatic rings. The van der Waals surface area contributed by atoms with Crippen LogP contribution < -0.4 is 4.90 Å². The monoisotopic (exact) mass is 363 g/mol. The number of hydrogen-bond donors (Lipinski definition) is 0. The molecule has 0 N–H and O–H groups in total. The first kappa shape index (κ1) is 18.6. The molecule has 0 heterocycles. The summed E-state index contributed by atoms with van der Waals surface area (Å²) in [6, 6.07) is 9.90. The smallest absolute Gasteiger partial charge is 0.0910 e. The molecule has 0 radical (unpaired) electrons. The normalized spacial score (nSPS) is 11.1. The second-order valence-corrected chi connectivity index (χ2v) is 6.74. The van der Waals surface area contributed by atoms with Gasteiger partial charge >= 0.3 is 0 Å². The third-order valence-electron chi connectivity index (χ3n) is 3.97. The molecule has 2 aromatic rings. The summed E-state index contributed by atoms with van der Waals surface area (Å²) < 4.78 is 0. The summed E-state index contributed by atoms with van der Waals surface area (Å²) in [5, 5.41) is 1.33. The number of benzene rings is 2. The minimum absolute atomic E-state index is 0.628. The Kier molecular flexibility index (Phi) is 6.14. The summed E-state index contributed by atoms with van der Waals surface area (Å²) in [7, 11) is 3.97. The number of rotatable bonds is 5. The van der Waals surface area contributed by atoms with Gasteiger partial charge in [0, 0.05) is 31.4 Å². The van der Waals surface area contributed by atoms with Gasteiger partial charge in [0.05, 0.1) is 22.7 Å². The van der Waals surface area contributed by atoms with Crippen LogP contribution in [0.15, 0.2) is 35.3 Å². The van der Waals surface area contributed by atoms with Crippen molar-refractivity contribution in [2.45, 2.75) is 20.8 Å². The number of nitrogens with zero attached hydrogens (tertiary/aromatic N) is 3. The average molecular weight is 364 g/mol. The Bertz CT molecular complexity index is 757. The van der Waals surface area contributed by atoms with Gasteiger partial charge in [-0.15, -0.1) is 0 Å². The summed E-state index contributed by atoms with van der Waals surface area (Å²) in [5.74, 6) is 0. The predicted octanol–water partition coefficient (Wildman–Crippen LogP) is 5.99. The lowest BCUT2D eigenvalue weighted by Gasteiger charge is -2.24. The molecule has 0 aliphatic carbocycles. The molecule has 0 saturated heterocycles. The van der Waals surface area contributed by atoms with Gasteiger partial charge < -0.3 is 9.80 Å². The van der Waals surface area contributed by atoms with Crippen molar-refractivity contribution in [3.05, 3.63) is 51.5 Å². The van der Waals surface area contributed by atoms with E-state index in [9.17, 15) is 0 Å². The number of anilines is 2. The standard InChI is InChI=1S/C19H23Cl2N3/c1-6-23(4)12-22-16-9-13(2)10-18(19(16)21)24(5)17-11-15(20)8-7-14(17)3/h7-12H,6H2,1-5H3. The highest BCUT2D eigenvalue weighted by Crippen LogP contribution is 2.39. The molecule has 0 fully saturated rings. The summed E-state index contributed by atoms with van der Waals surface area (Å²) in [6.07, 6.45) is 1.80. The predicted molar refractivity (Wildman–Crippen MR) is 107 cm³/mol. The molecule has 0 atom stereocenters. The van der Waals surface area contributed by atoms with E-state index < -0.39 is 0 Å². The third-order valence-corrected chi connectivity index (χ3v) is 4.59. The Labute approximate surface area is 154 Å². The highest BCUT2D eigenvalue weighted by molar-refractivity contribution is 6.36.